The number of hydrogen-bond donors (Lipinski definition) is 0. The summed E-state index contributed by atoms with van der Waals surface area (Å²) < 4.78 is 50.1. The zero-order chi connectivity index (χ0) is 19.1. The molecule has 0 saturated carbocycles. The van der Waals surface area contributed by atoms with Gasteiger partial charge in [-0.05, 0) is 19.4 Å². The molecule has 1 atom stereocenters. The number of halogens is 1. The standard InChI is InChI=1S/C15H20ClN3O5S2/c1-11-14(8-13(16)9-17-11)26(23,24)19-5-3-18(4-6-19)15(20)12-2-7-25(21,22)10-12/h8-9,12H,2-7,10H2,1H3. The van der Waals surface area contributed by atoms with Gasteiger partial charge in [0.15, 0.2) is 9.84 Å². The third-order valence-corrected chi connectivity index (χ3v) is 8.75. The average molecular weight is 422 g/mol. The number of carbonyl (C=O) groups excluding carboxylic acids is 1. The Kier molecular flexibility index (Phi) is 5.31. The van der Waals surface area contributed by atoms with Crippen LogP contribution in [0.5, 0.6) is 0 Å². The summed E-state index contributed by atoms with van der Waals surface area (Å²) in [5, 5.41) is 0.241. The van der Waals surface area contributed by atoms with Gasteiger partial charge in [0, 0.05) is 32.4 Å². The summed E-state index contributed by atoms with van der Waals surface area (Å²) in [5.74, 6) is -0.789. The summed E-state index contributed by atoms with van der Waals surface area (Å²) in [4.78, 5) is 18.1. The van der Waals surface area contributed by atoms with Crippen molar-refractivity contribution in [2.24, 2.45) is 5.92 Å². The van der Waals surface area contributed by atoms with E-state index in [1.807, 2.05) is 0 Å². The number of sulfone groups is 1. The highest BCUT2D eigenvalue weighted by molar-refractivity contribution is 7.91. The van der Waals surface area contributed by atoms with Crippen LogP contribution in [0.4, 0.5) is 0 Å². The Morgan fingerprint density at radius 3 is 2.50 bits per heavy atom. The topological polar surface area (TPSA) is 105 Å². The molecular formula is C15H20ClN3O5S2. The van der Waals surface area contributed by atoms with Crippen molar-refractivity contribution in [3.63, 3.8) is 0 Å². The molecule has 3 heterocycles. The second kappa shape index (κ2) is 7.06. The first-order valence-corrected chi connectivity index (χ1v) is 11.9. The maximum atomic E-state index is 12.8. The Labute approximate surface area is 158 Å². The number of pyridine rings is 1. The molecule has 0 bridgehead atoms. The normalized spacial score (nSPS) is 23.9. The molecule has 8 nitrogen and oxygen atoms in total. The van der Waals surface area contributed by atoms with E-state index in [1.165, 1.54) is 16.6 Å². The van der Waals surface area contributed by atoms with Gasteiger partial charge in [0.1, 0.15) is 4.90 Å². The molecule has 0 spiro atoms. The monoisotopic (exact) mass is 421 g/mol. The van der Waals surface area contributed by atoms with Crippen LogP contribution in [0.2, 0.25) is 5.02 Å². The van der Waals surface area contributed by atoms with Crippen LogP contribution < -0.4 is 0 Å². The maximum absolute atomic E-state index is 12.8. The zero-order valence-electron chi connectivity index (χ0n) is 14.3. The van der Waals surface area contributed by atoms with Crippen molar-refractivity contribution < 1.29 is 21.6 Å². The van der Waals surface area contributed by atoms with Gasteiger partial charge in [0.2, 0.25) is 15.9 Å². The Bertz CT molecular complexity index is 925. The molecule has 26 heavy (non-hydrogen) atoms. The molecule has 2 fully saturated rings. The van der Waals surface area contributed by atoms with Gasteiger partial charge in [-0.2, -0.15) is 4.31 Å². The number of nitrogens with zero attached hydrogens (tertiary/aromatic N) is 3. The minimum absolute atomic E-state index is 0.0405. The van der Waals surface area contributed by atoms with Crippen LogP contribution in [0.15, 0.2) is 17.2 Å². The first-order chi connectivity index (χ1) is 12.1. The molecule has 11 heteroatoms. The largest absolute Gasteiger partial charge is 0.340 e. The molecule has 144 valence electrons. The highest BCUT2D eigenvalue weighted by Gasteiger charge is 2.38. The van der Waals surface area contributed by atoms with Crippen LogP contribution in [0.3, 0.4) is 0 Å². The highest BCUT2D eigenvalue weighted by Crippen LogP contribution is 2.25. The summed E-state index contributed by atoms with van der Waals surface area (Å²) in [6.45, 7) is 2.38. The van der Waals surface area contributed by atoms with Crippen molar-refractivity contribution in [3.8, 4) is 0 Å². The van der Waals surface area contributed by atoms with Gasteiger partial charge < -0.3 is 4.90 Å². The van der Waals surface area contributed by atoms with Crippen LogP contribution >= 0.6 is 11.6 Å². The van der Waals surface area contributed by atoms with E-state index in [0.29, 0.717) is 12.1 Å². The molecule has 1 amide bonds. The van der Waals surface area contributed by atoms with E-state index in [4.69, 9.17) is 11.6 Å². The van der Waals surface area contributed by atoms with Gasteiger partial charge in [-0.25, -0.2) is 16.8 Å². The van der Waals surface area contributed by atoms with Crippen molar-refractivity contribution in [2.75, 3.05) is 37.7 Å². The van der Waals surface area contributed by atoms with Gasteiger partial charge in [0.25, 0.3) is 0 Å². The molecule has 3 rings (SSSR count). The Morgan fingerprint density at radius 1 is 1.27 bits per heavy atom. The number of carbonyl (C=O) groups is 1. The highest BCUT2D eigenvalue weighted by atomic mass is 35.5. The maximum Gasteiger partial charge on any atom is 0.245 e. The first-order valence-electron chi connectivity index (χ1n) is 8.22. The van der Waals surface area contributed by atoms with Crippen molar-refractivity contribution in [3.05, 3.63) is 23.0 Å². The van der Waals surface area contributed by atoms with Crippen LogP contribution in [0.1, 0.15) is 12.1 Å². The van der Waals surface area contributed by atoms with Gasteiger partial charge in [-0.1, -0.05) is 11.6 Å². The predicted molar refractivity (Wildman–Crippen MR) is 96.1 cm³/mol. The number of amides is 1. The Morgan fingerprint density at radius 2 is 1.92 bits per heavy atom. The second-order valence-corrected chi connectivity index (χ2v) is 11.1. The average Bonchev–Trinajstić information content (AvgIpc) is 2.96. The number of aromatic nitrogens is 1. The van der Waals surface area contributed by atoms with E-state index in [9.17, 15) is 21.6 Å². The summed E-state index contributed by atoms with van der Waals surface area (Å²) in [6.07, 6.45) is 1.73. The number of piperazine rings is 1. The molecule has 1 aromatic heterocycles. The van der Waals surface area contributed by atoms with E-state index < -0.39 is 25.8 Å². The molecule has 2 aliphatic heterocycles. The van der Waals surface area contributed by atoms with Crippen molar-refractivity contribution in [2.45, 2.75) is 18.2 Å². The van der Waals surface area contributed by atoms with Gasteiger partial charge in [-0.15, -0.1) is 0 Å². The fourth-order valence-electron chi connectivity index (χ4n) is 3.29. The Hall–Kier alpha value is -1.23. The molecule has 1 unspecified atom stereocenters. The van der Waals surface area contributed by atoms with E-state index >= 15 is 0 Å². The fourth-order valence-corrected chi connectivity index (χ4v) is 6.87. The predicted octanol–water partition coefficient (Wildman–Crippen LogP) is 0.311. The molecular weight excluding hydrogens is 402 g/mol. The van der Waals surface area contributed by atoms with Crippen molar-refractivity contribution >= 4 is 37.4 Å². The lowest BCUT2D eigenvalue weighted by Crippen LogP contribution is -2.52. The number of sulfonamides is 1. The minimum atomic E-state index is -3.75. The van der Waals surface area contributed by atoms with Crippen molar-refractivity contribution in [1.82, 2.24) is 14.2 Å². The zero-order valence-corrected chi connectivity index (χ0v) is 16.6. The summed E-state index contributed by atoms with van der Waals surface area (Å²) >= 11 is 5.87. The van der Waals surface area contributed by atoms with Crippen LogP contribution in [0, 0.1) is 12.8 Å². The van der Waals surface area contributed by atoms with E-state index in [-0.39, 0.29) is 53.5 Å². The third kappa shape index (κ3) is 3.88. The third-order valence-electron chi connectivity index (χ3n) is 4.76. The summed E-state index contributed by atoms with van der Waals surface area (Å²) in [7, 11) is -6.88. The molecule has 0 radical (unpaired) electrons. The molecule has 1 aromatic rings. The van der Waals surface area contributed by atoms with Gasteiger partial charge in [-0.3, -0.25) is 9.78 Å². The van der Waals surface area contributed by atoms with Crippen LogP contribution in [-0.4, -0.2) is 74.6 Å². The van der Waals surface area contributed by atoms with E-state index in [0.717, 1.165) is 0 Å². The van der Waals surface area contributed by atoms with Crippen LogP contribution in [0.25, 0.3) is 0 Å². The van der Waals surface area contributed by atoms with Gasteiger partial charge in [0.05, 0.1) is 28.1 Å². The first kappa shape index (κ1) is 19.5. The molecule has 2 aliphatic rings. The van der Waals surface area contributed by atoms with E-state index in [2.05, 4.69) is 4.98 Å². The lowest BCUT2D eigenvalue weighted by atomic mass is 10.1. The minimum Gasteiger partial charge on any atom is -0.340 e. The lowest BCUT2D eigenvalue weighted by Gasteiger charge is -2.35. The smallest absolute Gasteiger partial charge is 0.245 e. The number of hydrogen-bond acceptors (Lipinski definition) is 6. The second-order valence-electron chi connectivity index (χ2n) is 6.57. The quantitative estimate of drug-likeness (QED) is 0.695. The summed E-state index contributed by atoms with van der Waals surface area (Å²) in [6, 6.07) is 1.38. The molecule has 0 N–H and O–H groups in total. The number of rotatable bonds is 3. The molecule has 0 aromatic carbocycles. The van der Waals surface area contributed by atoms with Crippen molar-refractivity contribution in [1.29, 1.82) is 0 Å². The summed E-state index contributed by atoms with van der Waals surface area (Å²) in [5.41, 5.74) is 0.365. The number of aryl methyl sites for hydroxylation is 1. The van der Waals surface area contributed by atoms with Gasteiger partial charge >= 0.3 is 0 Å². The molecule has 2 saturated heterocycles. The lowest BCUT2D eigenvalue weighted by molar-refractivity contribution is -0.135. The SMILES string of the molecule is Cc1ncc(Cl)cc1S(=O)(=O)N1CCN(C(=O)C2CCS(=O)(=O)C2)CC1. The van der Waals surface area contributed by atoms with E-state index in [1.54, 1.807) is 11.8 Å². The molecule has 0 aliphatic carbocycles. The van der Waals surface area contributed by atoms with Crippen LogP contribution in [-0.2, 0) is 24.7 Å². The Balaban J connectivity index is 1.68. The fraction of sp³-hybridized carbons (Fsp3) is 0.600.